The van der Waals surface area contributed by atoms with Crippen molar-refractivity contribution in [3.8, 4) is 0 Å². The molecule has 0 spiro atoms. The minimum atomic E-state index is -4.79. The Morgan fingerprint density at radius 1 is 1.19 bits per heavy atom. The van der Waals surface area contributed by atoms with Crippen molar-refractivity contribution in [1.82, 2.24) is 0 Å². The van der Waals surface area contributed by atoms with E-state index < -0.39 is 36.2 Å². The summed E-state index contributed by atoms with van der Waals surface area (Å²) in [6, 6.07) is 2.74. The Balaban J connectivity index is 2.84. The summed E-state index contributed by atoms with van der Waals surface area (Å²) in [6.45, 7) is 0. The Labute approximate surface area is 92.0 Å². The van der Waals surface area contributed by atoms with Crippen molar-refractivity contribution in [2.75, 3.05) is 0 Å². The predicted molar refractivity (Wildman–Crippen MR) is 50.6 cm³/mol. The fourth-order valence-electron chi connectivity index (χ4n) is 1.38. The molecule has 1 aliphatic rings. The minimum absolute atomic E-state index is 0.0849. The average molecular weight is 268 g/mol. The Morgan fingerprint density at radius 3 is 2.38 bits per heavy atom. The predicted octanol–water partition coefficient (Wildman–Crippen LogP) is 2.28. The van der Waals surface area contributed by atoms with Gasteiger partial charge >= 0.3 is 6.18 Å². The normalized spacial score (nSPS) is 18.6. The van der Waals surface area contributed by atoms with E-state index in [0.717, 1.165) is 12.1 Å². The second kappa shape index (κ2) is 3.24. The molecule has 1 aliphatic heterocycles. The highest BCUT2D eigenvalue weighted by Crippen LogP contribution is 2.44. The fraction of sp³-hybridized carbons (Fsp3) is 0.125. The first kappa shape index (κ1) is 11.5. The van der Waals surface area contributed by atoms with Crippen molar-refractivity contribution in [3.63, 3.8) is 0 Å². The van der Waals surface area contributed by atoms with Crippen LogP contribution in [0.2, 0.25) is 0 Å². The monoisotopic (exact) mass is 268 g/mol. The molecule has 0 amide bonds. The Morgan fingerprint density at radius 2 is 1.81 bits per heavy atom. The second-order valence-electron chi connectivity index (χ2n) is 3.00. The van der Waals surface area contributed by atoms with E-state index >= 15 is 0 Å². The summed E-state index contributed by atoms with van der Waals surface area (Å²) in [7, 11) is -4.31. The molecule has 0 N–H and O–H groups in total. The maximum atomic E-state index is 12.5. The van der Waals surface area contributed by atoms with E-state index in [0.29, 0.717) is 6.07 Å². The quantitative estimate of drug-likeness (QED) is 0.677. The number of benzene rings is 1. The molecule has 0 aliphatic carbocycles. The molecule has 0 saturated carbocycles. The third kappa shape index (κ3) is 1.61. The van der Waals surface area contributed by atoms with Crippen LogP contribution < -0.4 is 0 Å². The summed E-state index contributed by atoms with van der Waals surface area (Å²) in [6.07, 6.45) is -4.79. The zero-order valence-corrected chi connectivity index (χ0v) is 9.04. The summed E-state index contributed by atoms with van der Waals surface area (Å²) in [4.78, 5) is 10.3. The van der Waals surface area contributed by atoms with Crippen molar-refractivity contribution < 1.29 is 26.4 Å². The van der Waals surface area contributed by atoms with Gasteiger partial charge in [-0.3, -0.25) is 4.79 Å². The molecule has 16 heavy (non-hydrogen) atoms. The molecule has 1 heterocycles. The smallest absolute Gasteiger partial charge is 0.280 e. The van der Waals surface area contributed by atoms with Gasteiger partial charge in [0.25, 0.3) is 0 Å². The zero-order valence-electron chi connectivity index (χ0n) is 7.41. The van der Waals surface area contributed by atoms with Crippen molar-refractivity contribution >= 4 is 24.8 Å². The molecular weight excluding hydrogens is 265 g/mol. The first-order chi connectivity index (χ1) is 7.23. The van der Waals surface area contributed by atoms with Crippen LogP contribution in [0.1, 0.15) is 15.9 Å². The van der Waals surface area contributed by atoms with Crippen LogP contribution in [0.4, 0.5) is 13.2 Å². The van der Waals surface area contributed by atoms with E-state index in [2.05, 4.69) is 0 Å². The van der Waals surface area contributed by atoms with Crippen LogP contribution in [0.25, 0.3) is 0 Å². The summed E-state index contributed by atoms with van der Waals surface area (Å²) in [5.74, 6) is 0. The Bertz CT molecular complexity index is 575. The largest absolute Gasteiger partial charge is 0.417 e. The third-order valence-corrected chi connectivity index (χ3v) is 5.12. The van der Waals surface area contributed by atoms with Gasteiger partial charge in [-0.25, -0.2) is 8.42 Å². The molecule has 0 radical (unpaired) electrons. The van der Waals surface area contributed by atoms with Gasteiger partial charge in [0.05, 0.1) is 16.4 Å². The highest BCUT2D eigenvalue weighted by Gasteiger charge is 2.44. The number of alkyl halides is 3. The van der Waals surface area contributed by atoms with Gasteiger partial charge in [-0.15, -0.1) is 0 Å². The summed E-state index contributed by atoms with van der Waals surface area (Å²) >= 11 is 0. The van der Waals surface area contributed by atoms with E-state index in [4.69, 9.17) is 0 Å². The number of fused-ring (bicyclic) bond motifs is 1. The maximum absolute atomic E-state index is 12.5. The number of hydrogen-bond acceptors (Lipinski definition) is 4. The topological polar surface area (TPSA) is 51.2 Å². The molecule has 1 aromatic carbocycles. The van der Waals surface area contributed by atoms with E-state index in [9.17, 15) is 26.4 Å². The lowest BCUT2D eigenvalue weighted by atomic mass is 10.1. The molecule has 2 rings (SSSR count). The minimum Gasteiger partial charge on any atom is -0.280 e. The number of carbonyl (C=O) groups excluding carboxylic acids is 1. The van der Waals surface area contributed by atoms with Crippen LogP contribution in [0.15, 0.2) is 23.1 Å². The van der Waals surface area contributed by atoms with Gasteiger partial charge in [0.1, 0.15) is 4.90 Å². The Kier molecular flexibility index (Phi) is 2.32. The molecule has 8 heteroatoms. The lowest BCUT2D eigenvalue weighted by Gasteiger charge is -2.09. The summed E-state index contributed by atoms with van der Waals surface area (Å²) in [5.41, 5.74) is -1.69. The molecule has 0 bridgehead atoms. The maximum Gasteiger partial charge on any atom is 0.417 e. The van der Waals surface area contributed by atoms with Crippen LogP contribution >= 0.6 is 10.8 Å². The molecule has 1 aromatic rings. The first-order valence-electron chi connectivity index (χ1n) is 3.92. The SMILES string of the molecule is O=C1SS(=O)(=O)c2c1cccc2C(F)(F)F. The summed E-state index contributed by atoms with van der Waals surface area (Å²) in [5, 5.41) is -0.874. The van der Waals surface area contributed by atoms with Gasteiger partial charge < -0.3 is 0 Å². The number of hydrogen-bond donors (Lipinski definition) is 0. The van der Waals surface area contributed by atoms with Crippen LogP contribution in [0, 0.1) is 0 Å². The van der Waals surface area contributed by atoms with Gasteiger partial charge in [-0.2, -0.15) is 13.2 Å². The van der Waals surface area contributed by atoms with Crippen LogP contribution in [0.3, 0.4) is 0 Å². The van der Waals surface area contributed by atoms with E-state index in [-0.39, 0.29) is 10.8 Å². The molecule has 0 saturated heterocycles. The van der Waals surface area contributed by atoms with Crippen LogP contribution in [-0.4, -0.2) is 13.5 Å². The second-order valence-corrected chi connectivity index (χ2v) is 6.68. The highest BCUT2D eigenvalue weighted by atomic mass is 33.1. The van der Waals surface area contributed by atoms with Crippen LogP contribution in [-0.2, 0) is 15.0 Å². The van der Waals surface area contributed by atoms with Crippen molar-refractivity contribution in [1.29, 1.82) is 0 Å². The lowest BCUT2D eigenvalue weighted by Crippen LogP contribution is -2.10. The van der Waals surface area contributed by atoms with Crippen molar-refractivity contribution in [2.24, 2.45) is 0 Å². The summed E-state index contributed by atoms with van der Waals surface area (Å²) < 4.78 is 60.3. The number of carbonyl (C=O) groups is 1. The van der Waals surface area contributed by atoms with Gasteiger partial charge in [-0.1, -0.05) is 6.07 Å². The molecule has 0 atom stereocenters. The number of halogens is 3. The molecule has 0 unspecified atom stereocenters. The molecular formula is C8H3F3O3S2. The third-order valence-electron chi connectivity index (χ3n) is 1.98. The van der Waals surface area contributed by atoms with E-state index in [1.807, 2.05) is 0 Å². The first-order valence-corrected chi connectivity index (χ1v) is 6.74. The number of rotatable bonds is 0. The van der Waals surface area contributed by atoms with Crippen molar-refractivity contribution in [2.45, 2.75) is 11.1 Å². The standard InChI is InChI=1S/C8H3F3O3S2/c9-8(10,11)5-3-1-2-4-6(5)16(13,14)15-7(4)12/h1-3H. The molecule has 3 nitrogen and oxygen atoms in total. The van der Waals surface area contributed by atoms with Crippen molar-refractivity contribution in [3.05, 3.63) is 29.3 Å². The zero-order chi connectivity index (χ0) is 12.1. The van der Waals surface area contributed by atoms with E-state index in [1.165, 1.54) is 0 Å². The van der Waals surface area contributed by atoms with E-state index in [1.54, 1.807) is 0 Å². The fourth-order valence-corrected chi connectivity index (χ4v) is 4.52. The molecule has 0 fully saturated rings. The lowest BCUT2D eigenvalue weighted by molar-refractivity contribution is -0.139. The van der Waals surface area contributed by atoms with Gasteiger partial charge in [0.2, 0.25) is 14.0 Å². The van der Waals surface area contributed by atoms with Gasteiger partial charge in [0, 0.05) is 5.56 Å². The van der Waals surface area contributed by atoms with Crippen LogP contribution in [0.5, 0.6) is 0 Å². The molecule has 0 aromatic heterocycles. The van der Waals surface area contributed by atoms with Gasteiger partial charge in [-0.05, 0) is 12.1 Å². The van der Waals surface area contributed by atoms with Gasteiger partial charge in [0.15, 0.2) is 0 Å². The highest BCUT2D eigenvalue weighted by molar-refractivity contribution is 8.78. The molecule has 86 valence electrons. The Hall–Kier alpha value is -1.02. The average Bonchev–Trinajstić information content (AvgIpc) is 2.36.